The molecule has 0 aliphatic carbocycles. The molecular weight excluding hydrogens is 408 g/mol. The van der Waals surface area contributed by atoms with Crippen LogP contribution >= 0.6 is 11.6 Å². The fraction of sp³-hybridized carbons (Fsp3) is 0.500. The molecular formula is C26H35ClN2O2. The molecule has 1 unspecified atom stereocenters. The van der Waals surface area contributed by atoms with Crippen LogP contribution in [-0.4, -0.2) is 30.5 Å². The normalized spacial score (nSPS) is 14.5. The van der Waals surface area contributed by atoms with Crippen LogP contribution in [0.2, 0.25) is 5.02 Å². The minimum Gasteiger partial charge on any atom is -0.492 e. The van der Waals surface area contributed by atoms with Crippen molar-refractivity contribution < 1.29 is 9.53 Å². The van der Waals surface area contributed by atoms with Crippen molar-refractivity contribution in [3.8, 4) is 5.75 Å². The summed E-state index contributed by atoms with van der Waals surface area (Å²) in [7, 11) is 0. The topological polar surface area (TPSA) is 41.6 Å². The molecule has 31 heavy (non-hydrogen) atoms. The molecule has 0 radical (unpaired) electrons. The zero-order valence-electron chi connectivity index (χ0n) is 19.0. The lowest BCUT2D eigenvalue weighted by molar-refractivity contribution is -0.136. The Morgan fingerprint density at radius 2 is 1.90 bits per heavy atom. The molecule has 0 spiro atoms. The first kappa shape index (κ1) is 23.6. The number of hydrogen-bond donors (Lipinski definition) is 1. The van der Waals surface area contributed by atoms with Crippen LogP contribution in [-0.2, 0) is 24.3 Å². The van der Waals surface area contributed by atoms with Gasteiger partial charge in [-0.15, -0.1) is 0 Å². The Morgan fingerprint density at radius 1 is 1.13 bits per heavy atom. The molecule has 5 heteroatoms. The lowest BCUT2D eigenvalue weighted by atomic mass is 10.0. The van der Waals surface area contributed by atoms with E-state index >= 15 is 0 Å². The number of halogens is 1. The highest BCUT2D eigenvalue weighted by Gasteiger charge is 2.23. The highest BCUT2D eigenvalue weighted by molar-refractivity contribution is 6.32. The zero-order valence-corrected chi connectivity index (χ0v) is 19.8. The quantitative estimate of drug-likeness (QED) is 0.560. The third-order valence-corrected chi connectivity index (χ3v) is 5.86. The molecule has 0 saturated carbocycles. The van der Waals surface area contributed by atoms with Gasteiger partial charge < -0.3 is 15.0 Å². The van der Waals surface area contributed by atoms with Gasteiger partial charge in [-0.05, 0) is 47.9 Å². The number of nitrogens with one attached hydrogen (secondary N) is 1. The van der Waals surface area contributed by atoms with Gasteiger partial charge in [0.2, 0.25) is 5.91 Å². The van der Waals surface area contributed by atoms with Crippen molar-refractivity contribution >= 4 is 17.5 Å². The SMILES string of the molecule is CC(C)CN(Cc1cc(Cl)c2c(c1)CCCCO2)C(=O)C(C)CNCc1ccccc1. The van der Waals surface area contributed by atoms with Crippen molar-refractivity contribution in [2.24, 2.45) is 11.8 Å². The predicted octanol–water partition coefficient (Wildman–Crippen LogP) is 5.47. The van der Waals surface area contributed by atoms with E-state index in [1.807, 2.05) is 36.1 Å². The van der Waals surface area contributed by atoms with E-state index in [1.165, 1.54) is 5.56 Å². The second kappa shape index (κ2) is 11.5. The summed E-state index contributed by atoms with van der Waals surface area (Å²) in [4.78, 5) is 15.3. The van der Waals surface area contributed by atoms with Gasteiger partial charge in [0.15, 0.2) is 0 Å². The first-order valence-electron chi connectivity index (χ1n) is 11.4. The second-order valence-corrected chi connectivity index (χ2v) is 9.41. The Kier molecular flexibility index (Phi) is 8.79. The lowest BCUT2D eigenvalue weighted by Gasteiger charge is -2.28. The molecule has 0 aromatic heterocycles. The zero-order chi connectivity index (χ0) is 22.2. The number of nitrogens with zero attached hydrogens (tertiary/aromatic N) is 1. The third kappa shape index (κ3) is 6.98. The van der Waals surface area contributed by atoms with Crippen molar-refractivity contribution in [2.45, 2.75) is 53.1 Å². The molecule has 1 atom stereocenters. The summed E-state index contributed by atoms with van der Waals surface area (Å²) < 4.78 is 5.85. The van der Waals surface area contributed by atoms with Crippen LogP contribution in [0.4, 0.5) is 0 Å². The molecule has 1 N–H and O–H groups in total. The maximum atomic E-state index is 13.3. The van der Waals surface area contributed by atoms with Crippen LogP contribution in [0.3, 0.4) is 0 Å². The van der Waals surface area contributed by atoms with E-state index in [0.717, 1.165) is 55.8 Å². The molecule has 1 amide bonds. The van der Waals surface area contributed by atoms with Gasteiger partial charge in [-0.2, -0.15) is 0 Å². The van der Waals surface area contributed by atoms with Crippen LogP contribution in [0.5, 0.6) is 5.75 Å². The van der Waals surface area contributed by atoms with Gasteiger partial charge in [0.1, 0.15) is 5.75 Å². The summed E-state index contributed by atoms with van der Waals surface area (Å²) in [5.74, 6) is 1.30. The summed E-state index contributed by atoms with van der Waals surface area (Å²) in [5.41, 5.74) is 3.46. The summed E-state index contributed by atoms with van der Waals surface area (Å²) in [5, 5.41) is 4.08. The fourth-order valence-electron chi connectivity index (χ4n) is 4.06. The highest BCUT2D eigenvalue weighted by Crippen LogP contribution is 2.34. The maximum Gasteiger partial charge on any atom is 0.226 e. The summed E-state index contributed by atoms with van der Waals surface area (Å²) >= 11 is 6.54. The van der Waals surface area contributed by atoms with Gasteiger partial charge in [0, 0.05) is 32.1 Å². The van der Waals surface area contributed by atoms with Crippen LogP contribution < -0.4 is 10.1 Å². The Hall–Kier alpha value is -2.04. The first-order chi connectivity index (χ1) is 14.9. The molecule has 168 valence electrons. The van der Waals surface area contributed by atoms with E-state index in [9.17, 15) is 4.79 Å². The Morgan fingerprint density at radius 3 is 2.65 bits per heavy atom. The number of fused-ring (bicyclic) bond motifs is 1. The third-order valence-electron chi connectivity index (χ3n) is 5.58. The number of hydrogen-bond acceptors (Lipinski definition) is 3. The van der Waals surface area contributed by atoms with Gasteiger partial charge in [-0.25, -0.2) is 0 Å². The molecule has 3 rings (SSSR count). The van der Waals surface area contributed by atoms with Crippen LogP contribution in [0, 0.1) is 11.8 Å². The van der Waals surface area contributed by atoms with Gasteiger partial charge in [-0.1, -0.05) is 68.8 Å². The Balaban J connectivity index is 1.65. The van der Waals surface area contributed by atoms with E-state index in [0.29, 0.717) is 24.0 Å². The summed E-state index contributed by atoms with van der Waals surface area (Å²) in [6, 6.07) is 14.4. The van der Waals surface area contributed by atoms with E-state index in [1.54, 1.807) is 0 Å². The lowest BCUT2D eigenvalue weighted by Crippen LogP contribution is -2.40. The van der Waals surface area contributed by atoms with E-state index in [4.69, 9.17) is 16.3 Å². The van der Waals surface area contributed by atoms with Gasteiger partial charge in [0.05, 0.1) is 11.6 Å². The van der Waals surface area contributed by atoms with E-state index in [2.05, 4.69) is 37.4 Å². The minimum absolute atomic E-state index is 0.0953. The molecule has 2 aromatic rings. The Bertz CT molecular complexity index is 854. The molecule has 0 saturated heterocycles. The molecule has 0 fully saturated rings. The number of carbonyl (C=O) groups excluding carboxylic acids is 1. The Labute approximate surface area is 191 Å². The predicted molar refractivity (Wildman–Crippen MR) is 127 cm³/mol. The number of rotatable bonds is 9. The number of ether oxygens (including phenoxy) is 1. The molecule has 1 aliphatic rings. The largest absolute Gasteiger partial charge is 0.492 e. The number of amides is 1. The maximum absolute atomic E-state index is 13.3. The van der Waals surface area contributed by atoms with E-state index in [-0.39, 0.29) is 11.8 Å². The fourth-order valence-corrected chi connectivity index (χ4v) is 4.38. The first-order valence-corrected chi connectivity index (χ1v) is 11.8. The molecule has 1 aliphatic heterocycles. The van der Waals surface area contributed by atoms with Crippen LogP contribution in [0.1, 0.15) is 50.3 Å². The van der Waals surface area contributed by atoms with Crippen molar-refractivity contribution in [1.29, 1.82) is 0 Å². The van der Waals surface area contributed by atoms with E-state index < -0.39 is 0 Å². The standard InChI is InChI=1S/C26H35ClN2O2/c1-19(2)17-29(26(30)20(3)15-28-16-21-9-5-4-6-10-21)18-22-13-23-11-7-8-12-31-25(23)24(27)14-22/h4-6,9-10,13-14,19-20,28H,7-8,11-12,15-18H2,1-3H3. The molecule has 0 bridgehead atoms. The smallest absolute Gasteiger partial charge is 0.226 e. The molecule has 1 heterocycles. The van der Waals surface area contributed by atoms with Gasteiger partial charge in [-0.3, -0.25) is 4.79 Å². The monoisotopic (exact) mass is 442 g/mol. The van der Waals surface area contributed by atoms with Crippen LogP contribution in [0.15, 0.2) is 42.5 Å². The van der Waals surface area contributed by atoms with Gasteiger partial charge in [0.25, 0.3) is 0 Å². The van der Waals surface area contributed by atoms with Crippen molar-refractivity contribution in [1.82, 2.24) is 10.2 Å². The number of aryl methyl sites for hydroxylation is 1. The number of carbonyl (C=O) groups is 1. The van der Waals surface area contributed by atoms with Gasteiger partial charge >= 0.3 is 0 Å². The van der Waals surface area contributed by atoms with Crippen molar-refractivity contribution in [3.63, 3.8) is 0 Å². The number of benzene rings is 2. The highest BCUT2D eigenvalue weighted by atomic mass is 35.5. The summed E-state index contributed by atoms with van der Waals surface area (Å²) in [6.07, 6.45) is 3.12. The average Bonchev–Trinajstić information content (AvgIpc) is 2.99. The van der Waals surface area contributed by atoms with Crippen molar-refractivity contribution in [3.05, 3.63) is 64.2 Å². The summed E-state index contributed by atoms with van der Waals surface area (Å²) in [6.45, 7) is 9.75. The average molecular weight is 443 g/mol. The molecule has 2 aromatic carbocycles. The molecule has 4 nitrogen and oxygen atoms in total. The van der Waals surface area contributed by atoms with Crippen LogP contribution in [0.25, 0.3) is 0 Å². The second-order valence-electron chi connectivity index (χ2n) is 9.00. The minimum atomic E-state index is -0.0953. The van der Waals surface area contributed by atoms with Crippen molar-refractivity contribution in [2.75, 3.05) is 19.7 Å².